The van der Waals surface area contributed by atoms with Gasteiger partial charge in [-0.3, -0.25) is 10.1 Å². The maximum Gasteiger partial charge on any atom is 0.387 e. The number of hydrogen-bond donors (Lipinski definition) is 0. The number of alkyl halides is 2. The number of nitro benzene ring substituents is 1. The van der Waals surface area contributed by atoms with Crippen LogP contribution in [0.2, 0.25) is 0 Å². The molecule has 0 saturated carbocycles. The molecule has 0 aliphatic carbocycles. The summed E-state index contributed by atoms with van der Waals surface area (Å²) in [7, 11) is 3.94. The Balaban J connectivity index is 2.26. The zero-order valence-corrected chi connectivity index (χ0v) is 13.4. The predicted octanol–water partition coefficient (Wildman–Crippen LogP) is 2.97. The molecule has 1 aromatic rings. The maximum absolute atomic E-state index is 12.5. The number of nitro groups is 1. The van der Waals surface area contributed by atoms with Crippen molar-refractivity contribution in [2.24, 2.45) is 5.92 Å². The Morgan fingerprint density at radius 3 is 2.74 bits per heavy atom. The van der Waals surface area contributed by atoms with E-state index in [1.807, 2.05) is 11.9 Å². The summed E-state index contributed by atoms with van der Waals surface area (Å²) in [5.74, 6) is -0.0108. The lowest BCUT2D eigenvalue weighted by molar-refractivity contribution is -0.386. The Morgan fingerprint density at radius 2 is 2.17 bits per heavy atom. The molecule has 128 valence electrons. The topological polar surface area (TPSA) is 58.9 Å². The third-order valence-electron chi connectivity index (χ3n) is 4.32. The molecule has 1 aliphatic rings. The number of benzene rings is 1. The first-order valence-corrected chi connectivity index (χ1v) is 7.44. The normalized spacial score (nSPS) is 22.2. The number of anilines is 1. The molecule has 0 amide bonds. The van der Waals surface area contributed by atoms with Gasteiger partial charge >= 0.3 is 12.3 Å². The number of piperidine rings is 1. The zero-order chi connectivity index (χ0) is 17.1. The number of halogens is 2. The van der Waals surface area contributed by atoms with E-state index in [0.29, 0.717) is 11.6 Å². The highest BCUT2D eigenvalue weighted by Crippen LogP contribution is 2.34. The van der Waals surface area contributed by atoms with E-state index in [9.17, 15) is 18.9 Å². The first kappa shape index (κ1) is 17.4. The van der Waals surface area contributed by atoms with E-state index >= 15 is 0 Å². The van der Waals surface area contributed by atoms with Crippen LogP contribution < -0.4 is 9.64 Å². The van der Waals surface area contributed by atoms with Crippen molar-refractivity contribution in [1.82, 2.24) is 4.90 Å². The SMILES string of the molecule is CC1CN(C)CCC1N(C)c1ccc([N+](=O)[O-])c(OC(F)F)c1. The second-order valence-electron chi connectivity index (χ2n) is 5.99. The van der Waals surface area contributed by atoms with E-state index in [0.717, 1.165) is 19.5 Å². The zero-order valence-electron chi connectivity index (χ0n) is 13.4. The lowest BCUT2D eigenvalue weighted by Gasteiger charge is -2.41. The standard InChI is InChI=1S/C15H21F2N3O3/c1-10-9-18(2)7-6-12(10)19(3)11-4-5-13(20(21)22)14(8-11)23-15(16)17/h4-5,8,10,12,15H,6-7,9H2,1-3H3. The number of ether oxygens (including phenoxy) is 1. The molecule has 1 aliphatic heterocycles. The van der Waals surface area contributed by atoms with Gasteiger partial charge in [0.1, 0.15) is 0 Å². The lowest BCUT2D eigenvalue weighted by Crippen LogP contribution is -2.47. The minimum absolute atomic E-state index is 0.243. The Kier molecular flexibility index (Phi) is 5.35. The third-order valence-corrected chi connectivity index (χ3v) is 4.32. The van der Waals surface area contributed by atoms with Crippen LogP contribution in [0.5, 0.6) is 5.75 Å². The summed E-state index contributed by atoms with van der Waals surface area (Å²) in [5, 5.41) is 10.9. The molecule has 2 unspecified atom stereocenters. The highest BCUT2D eigenvalue weighted by Gasteiger charge is 2.29. The molecule has 1 aromatic carbocycles. The van der Waals surface area contributed by atoms with Gasteiger partial charge in [-0.1, -0.05) is 6.92 Å². The van der Waals surface area contributed by atoms with Crippen LogP contribution >= 0.6 is 0 Å². The summed E-state index contributed by atoms with van der Waals surface area (Å²) in [6.45, 7) is 0.935. The van der Waals surface area contributed by atoms with Gasteiger partial charge in [-0.25, -0.2) is 0 Å². The molecule has 1 fully saturated rings. The van der Waals surface area contributed by atoms with Gasteiger partial charge in [0, 0.05) is 37.5 Å². The molecule has 2 atom stereocenters. The fourth-order valence-electron chi connectivity index (χ4n) is 3.17. The molecule has 23 heavy (non-hydrogen) atoms. The van der Waals surface area contributed by atoms with Gasteiger partial charge < -0.3 is 14.5 Å². The van der Waals surface area contributed by atoms with E-state index in [-0.39, 0.29) is 6.04 Å². The van der Waals surface area contributed by atoms with Gasteiger partial charge in [-0.05, 0) is 32.0 Å². The minimum Gasteiger partial charge on any atom is -0.427 e. The van der Waals surface area contributed by atoms with Crippen molar-refractivity contribution in [3.05, 3.63) is 28.3 Å². The molecule has 0 aromatic heterocycles. The second-order valence-corrected chi connectivity index (χ2v) is 5.99. The van der Waals surface area contributed by atoms with Crippen molar-refractivity contribution in [2.75, 3.05) is 32.1 Å². The van der Waals surface area contributed by atoms with E-state index in [1.165, 1.54) is 12.1 Å². The number of hydrogen-bond acceptors (Lipinski definition) is 5. The van der Waals surface area contributed by atoms with Crippen LogP contribution in [0.25, 0.3) is 0 Å². The van der Waals surface area contributed by atoms with Crippen molar-refractivity contribution < 1.29 is 18.4 Å². The van der Waals surface area contributed by atoms with Crippen LogP contribution in [0.3, 0.4) is 0 Å². The molecule has 1 heterocycles. The van der Waals surface area contributed by atoms with Gasteiger partial charge in [0.15, 0.2) is 0 Å². The Bertz CT molecular complexity index is 571. The fourth-order valence-corrected chi connectivity index (χ4v) is 3.17. The van der Waals surface area contributed by atoms with E-state index in [2.05, 4.69) is 23.6 Å². The van der Waals surface area contributed by atoms with Gasteiger partial charge in [0.2, 0.25) is 5.75 Å². The third kappa shape index (κ3) is 4.07. The lowest BCUT2D eigenvalue weighted by atomic mass is 9.92. The summed E-state index contributed by atoms with van der Waals surface area (Å²) in [6.07, 6.45) is 0.941. The largest absolute Gasteiger partial charge is 0.427 e. The summed E-state index contributed by atoms with van der Waals surface area (Å²) in [4.78, 5) is 14.4. The molecule has 0 radical (unpaired) electrons. The Morgan fingerprint density at radius 1 is 1.48 bits per heavy atom. The van der Waals surface area contributed by atoms with Crippen molar-refractivity contribution in [1.29, 1.82) is 0 Å². The molecule has 6 nitrogen and oxygen atoms in total. The monoisotopic (exact) mass is 329 g/mol. The second kappa shape index (κ2) is 7.08. The highest BCUT2D eigenvalue weighted by molar-refractivity contribution is 5.59. The van der Waals surface area contributed by atoms with Gasteiger partial charge in [0.05, 0.1) is 4.92 Å². The molecular formula is C15H21F2N3O3. The predicted molar refractivity (Wildman–Crippen MR) is 83.2 cm³/mol. The molecule has 2 rings (SSSR count). The van der Waals surface area contributed by atoms with Gasteiger partial charge in [0.25, 0.3) is 0 Å². The van der Waals surface area contributed by atoms with E-state index in [4.69, 9.17) is 0 Å². The number of nitrogens with zero attached hydrogens (tertiary/aromatic N) is 3. The average molecular weight is 329 g/mol. The minimum atomic E-state index is -3.10. The van der Waals surface area contributed by atoms with Crippen molar-refractivity contribution in [3.8, 4) is 5.75 Å². The molecule has 0 N–H and O–H groups in total. The van der Waals surface area contributed by atoms with Crippen LogP contribution in [-0.4, -0.2) is 49.7 Å². The molecule has 1 saturated heterocycles. The maximum atomic E-state index is 12.5. The van der Waals surface area contributed by atoms with E-state index in [1.54, 1.807) is 6.07 Å². The quantitative estimate of drug-likeness (QED) is 0.614. The molecule has 8 heteroatoms. The van der Waals surface area contributed by atoms with Crippen molar-refractivity contribution in [2.45, 2.75) is 26.0 Å². The Hall–Kier alpha value is -1.96. The fraction of sp³-hybridized carbons (Fsp3) is 0.600. The summed E-state index contributed by atoms with van der Waals surface area (Å²) >= 11 is 0. The van der Waals surface area contributed by atoms with Crippen LogP contribution in [0.1, 0.15) is 13.3 Å². The van der Waals surface area contributed by atoms with Crippen LogP contribution in [0.15, 0.2) is 18.2 Å². The van der Waals surface area contributed by atoms with Gasteiger partial charge in [-0.15, -0.1) is 0 Å². The Labute approximate surface area is 133 Å². The van der Waals surface area contributed by atoms with Crippen molar-refractivity contribution >= 4 is 11.4 Å². The van der Waals surface area contributed by atoms with Gasteiger partial charge in [-0.2, -0.15) is 8.78 Å². The highest BCUT2D eigenvalue weighted by atomic mass is 19.3. The molecule has 0 bridgehead atoms. The molecule has 0 spiro atoms. The average Bonchev–Trinajstić information content (AvgIpc) is 2.45. The summed E-state index contributed by atoms with van der Waals surface area (Å²) in [5.41, 5.74) is 0.173. The summed E-state index contributed by atoms with van der Waals surface area (Å²) < 4.78 is 29.3. The first-order valence-electron chi connectivity index (χ1n) is 7.44. The number of likely N-dealkylation sites (tertiary alicyclic amines) is 1. The van der Waals surface area contributed by atoms with Crippen LogP contribution in [-0.2, 0) is 0 Å². The first-order chi connectivity index (χ1) is 10.8. The smallest absolute Gasteiger partial charge is 0.387 e. The number of rotatable bonds is 5. The van der Waals surface area contributed by atoms with Crippen LogP contribution in [0.4, 0.5) is 20.2 Å². The molecular weight excluding hydrogens is 308 g/mol. The summed E-state index contributed by atoms with van der Waals surface area (Å²) in [6, 6.07) is 4.34. The van der Waals surface area contributed by atoms with Crippen molar-refractivity contribution in [3.63, 3.8) is 0 Å². The van der Waals surface area contributed by atoms with Crippen LogP contribution in [0, 0.1) is 16.0 Å². The van der Waals surface area contributed by atoms with E-state index < -0.39 is 23.0 Å².